The number of halogens is 3. The van der Waals surface area contributed by atoms with Crippen molar-refractivity contribution < 1.29 is 37.5 Å². The Labute approximate surface area is 357 Å². The summed E-state index contributed by atoms with van der Waals surface area (Å²) in [5.74, 6) is -4.52. The molecule has 5 aliphatic rings. The number of carbonyl (C=O) groups excluding carboxylic acids is 5. The summed E-state index contributed by atoms with van der Waals surface area (Å²) in [7, 11) is 0. The van der Waals surface area contributed by atoms with Crippen LogP contribution in [0.3, 0.4) is 0 Å². The van der Waals surface area contributed by atoms with Gasteiger partial charge in [0.25, 0.3) is 17.7 Å². The number of piperidine rings is 2. The Balaban J connectivity index is 0.811. The van der Waals surface area contributed by atoms with E-state index in [1.165, 1.54) is 0 Å². The van der Waals surface area contributed by atoms with Crippen LogP contribution in [0.1, 0.15) is 90.0 Å². The number of fused-ring (bicyclic) bond motifs is 1. The first-order valence-corrected chi connectivity index (χ1v) is 21.1. The maximum Gasteiger partial charge on any atom is 0.265 e. The van der Waals surface area contributed by atoms with Crippen LogP contribution in [0.15, 0.2) is 48.5 Å². The van der Waals surface area contributed by atoms with Crippen molar-refractivity contribution in [3.8, 4) is 11.8 Å². The SMILES string of the molecule is CC1(C)C(NC(=O)c2ccc(N3CCC(CN4CCN(c5c(F)cc6c(c5F)C(=O)N(C5CCC(=O)NC5=O)C6=O)CC4)CC3)cc2)C(C)(C)C1Oc1ccc(C#N)c(Cl)c1. The molecule has 1 saturated carbocycles. The van der Waals surface area contributed by atoms with Crippen molar-refractivity contribution in [3.05, 3.63) is 87.4 Å². The highest BCUT2D eigenvalue weighted by molar-refractivity contribution is 6.31. The molecule has 3 aromatic carbocycles. The predicted octanol–water partition coefficient (Wildman–Crippen LogP) is 5.54. The first-order valence-electron chi connectivity index (χ1n) is 20.7. The number of imide groups is 2. The number of carbonyl (C=O) groups is 5. The van der Waals surface area contributed by atoms with Gasteiger partial charge in [-0.15, -0.1) is 0 Å². The molecule has 3 saturated heterocycles. The van der Waals surface area contributed by atoms with Crippen LogP contribution < -0.4 is 25.2 Å². The fourth-order valence-corrected chi connectivity index (χ4v) is 10.6. The average molecular weight is 856 g/mol. The average Bonchev–Trinajstić information content (AvgIpc) is 3.47. The summed E-state index contributed by atoms with van der Waals surface area (Å²) in [5, 5.41) is 14.9. The number of hydrogen-bond donors (Lipinski definition) is 2. The maximum atomic E-state index is 16.0. The zero-order chi connectivity index (χ0) is 43.5. The summed E-state index contributed by atoms with van der Waals surface area (Å²) in [5.41, 5.74) is -0.104. The summed E-state index contributed by atoms with van der Waals surface area (Å²) >= 11 is 6.24. The number of anilines is 2. The molecule has 13 nitrogen and oxygen atoms in total. The Bertz CT molecular complexity index is 2340. The fraction of sp³-hybridized carbons (Fsp3) is 0.467. The molecule has 8 rings (SSSR count). The van der Waals surface area contributed by atoms with Gasteiger partial charge in [-0.2, -0.15) is 5.26 Å². The van der Waals surface area contributed by atoms with E-state index >= 15 is 8.78 Å². The molecule has 5 amide bonds. The van der Waals surface area contributed by atoms with Gasteiger partial charge < -0.3 is 19.9 Å². The molecular formula is C45H48ClF2N7O6. The lowest BCUT2D eigenvalue weighted by molar-refractivity contribution is -0.164. The van der Waals surface area contributed by atoms with E-state index in [1.807, 2.05) is 24.3 Å². The Hall–Kier alpha value is -5.59. The lowest BCUT2D eigenvalue weighted by Crippen LogP contribution is -2.74. The molecule has 61 heavy (non-hydrogen) atoms. The Morgan fingerprint density at radius 3 is 2.20 bits per heavy atom. The number of rotatable bonds is 9. The maximum absolute atomic E-state index is 16.0. The highest BCUT2D eigenvalue weighted by Gasteiger charge is 2.64. The molecule has 3 aromatic rings. The van der Waals surface area contributed by atoms with Crippen LogP contribution in [-0.4, -0.2) is 103 Å². The minimum atomic E-state index is -1.27. The predicted molar refractivity (Wildman–Crippen MR) is 222 cm³/mol. The molecule has 4 fully saturated rings. The first-order chi connectivity index (χ1) is 29.0. The lowest BCUT2D eigenvalue weighted by Gasteiger charge is -2.63. The largest absolute Gasteiger partial charge is 0.489 e. The molecule has 1 aliphatic carbocycles. The third-order valence-corrected chi connectivity index (χ3v) is 13.7. The quantitative estimate of drug-likeness (QED) is 0.262. The number of benzene rings is 3. The van der Waals surface area contributed by atoms with Crippen LogP contribution in [0.4, 0.5) is 20.2 Å². The van der Waals surface area contributed by atoms with Crippen LogP contribution >= 0.6 is 11.6 Å². The van der Waals surface area contributed by atoms with Gasteiger partial charge >= 0.3 is 0 Å². The summed E-state index contributed by atoms with van der Waals surface area (Å²) in [6.45, 7) is 12.6. The van der Waals surface area contributed by atoms with Gasteiger partial charge in [0.15, 0.2) is 5.82 Å². The number of ether oxygens (including phenoxy) is 1. The van der Waals surface area contributed by atoms with Crippen LogP contribution in [0.2, 0.25) is 5.02 Å². The van der Waals surface area contributed by atoms with Gasteiger partial charge in [-0.05, 0) is 67.6 Å². The molecule has 1 atom stereocenters. The summed E-state index contributed by atoms with van der Waals surface area (Å²) in [4.78, 5) is 70.8. The molecular weight excluding hydrogens is 808 g/mol. The van der Waals surface area contributed by atoms with Crippen LogP contribution in [-0.2, 0) is 9.59 Å². The third kappa shape index (κ3) is 7.58. The highest BCUT2D eigenvalue weighted by Crippen LogP contribution is 2.55. The summed E-state index contributed by atoms with van der Waals surface area (Å²) in [6, 6.07) is 14.2. The van der Waals surface area contributed by atoms with E-state index < -0.39 is 52.4 Å². The van der Waals surface area contributed by atoms with E-state index in [1.54, 1.807) is 23.1 Å². The van der Waals surface area contributed by atoms with Gasteiger partial charge in [0.2, 0.25) is 11.8 Å². The third-order valence-electron chi connectivity index (χ3n) is 13.3. The van der Waals surface area contributed by atoms with E-state index in [2.05, 4.69) is 54.2 Å². The second kappa shape index (κ2) is 16.0. The molecule has 0 bridgehead atoms. The molecule has 16 heteroatoms. The molecule has 1 unspecified atom stereocenters. The zero-order valence-electron chi connectivity index (χ0n) is 34.5. The van der Waals surface area contributed by atoms with Crippen molar-refractivity contribution in [2.45, 2.75) is 71.6 Å². The summed E-state index contributed by atoms with van der Waals surface area (Å²) in [6.07, 6.45) is 1.54. The van der Waals surface area contributed by atoms with E-state index in [4.69, 9.17) is 16.3 Å². The van der Waals surface area contributed by atoms with E-state index in [0.717, 1.165) is 44.2 Å². The standard InChI is InChI=1S/C45H48ClF2N7O6/c1-44(2)42(45(3,4)43(44)61-29-10-7-27(23-49)31(46)21-29)51-38(57)26-5-8-28(9-6-26)53-15-13-25(14-16-53)24-52-17-19-54(20-18-52)37-32(47)22-30-35(36(37)48)41(60)55(40(30)59)33-11-12-34(56)50-39(33)58/h5-10,21-22,25,33,42-43H,11-20,24H2,1-4H3,(H,51,57)(H,50,56,58). The number of nitrogens with one attached hydrogen (secondary N) is 2. The number of amides is 5. The van der Waals surface area contributed by atoms with Crippen LogP contribution in [0.25, 0.3) is 0 Å². The number of hydrogen-bond acceptors (Lipinski definition) is 10. The Morgan fingerprint density at radius 2 is 1.57 bits per heavy atom. The number of nitrogens with zero attached hydrogens (tertiary/aromatic N) is 5. The van der Waals surface area contributed by atoms with Crippen molar-refractivity contribution >= 4 is 52.5 Å². The fourth-order valence-electron chi connectivity index (χ4n) is 10.4. The normalized spacial score (nSPS) is 23.9. The molecule has 0 radical (unpaired) electrons. The van der Waals surface area contributed by atoms with Crippen molar-refractivity contribution in [2.24, 2.45) is 16.7 Å². The molecule has 320 valence electrons. The van der Waals surface area contributed by atoms with Gasteiger partial charge in [0, 0.05) is 86.4 Å². The van der Waals surface area contributed by atoms with E-state index in [0.29, 0.717) is 58.9 Å². The first kappa shape index (κ1) is 42.1. The monoisotopic (exact) mass is 855 g/mol. The molecule has 0 spiro atoms. The Kier molecular flexibility index (Phi) is 11.1. The summed E-state index contributed by atoms with van der Waals surface area (Å²) < 4.78 is 37.8. The van der Waals surface area contributed by atoms with Gasteiger partial charge in [-0.1, -0.05) is 39.3 Å². The van der Waals surface area contributed by atoms with E-state index in [-0.39, 0.29) is 47.4 Å². The van der Waals surface area contributed by atoms with Crippen molar-refractivity contribution in [3.63, 3.8) is 0 Å². The molecule has 2 N–H and O–H groups in total. The van der Waals surface area contributed by atoms with Crippen molar-refractivity contribution in [1.82, 2.24) is 20.4 Å². The van der Waals surface area contributed by atoms with Gasteiger partial charge in [0.1, 0.15) is 35.5 Å². The van der Waals surface area contributed by atoms with Gasteiger partial charge in [-0.25, -0.2) is 8.78 Å². The topological polar surface area (TPSA) is 155 Å². The second-order valence-corrected chi connectivity index (χ2v) is 18.4. The molecule has 0 aromatic heterocycles. The molecule has 4 aliphatic heterocycles. The zero-order valence-corrected chi connectivity index (χ0v) is 35.3. The Morgan fingerprint density at radius 1 is 0.902 bits per heavy atom. The van der Waals surface area contributed by atoms with Crippen LogP contribution in [0, 0.1) is 39.7 Å². The van der Waals surface area contributed by atoms with Crippen molar-refractivity contribution in [2.75, 3.05) is 55.6 Å². The second-order valence-electron chi connectivity index (χ2n) is 18.0. The lowest BCUT2D eigenvalue weighted by atomic mass is 9.49. The molecule has 4 heterocycles. The van der Waals surface area contributed by atoms with Crippen LogP contribution in [0.5, 0.6) is 5.75 Å². The number of piperazine rings is 1. The minimum Gasteiger partial charge on any atom is -0.489 e. The van der Waals surface area contributed by atoms with Gasteiger partial charge in [0.05, 0.1) is 21.7 Å². The van der Waals surface area contributed by atoms with Crippen molar-refractivity contribution in [1.29, 1.82) is 5.26 Å². The number of nitriles is 1. The highest BCUT2D eigenvalue weighted by atomic mass is 35.5. The minimum absolute atomic E-state index is 0.0796. The van der Waals surface area contributed by atoms with Gasteiger partial charge in [-0.3, -0.25) is 39.1 Å². The smallest absolute Gasteiger partial charge is 0.265 e. The van der Waals surface area contributed by atoms with E-state index in [9.17, 15) is 29.2 Å².